The molecule has 0 radical (unpaired) electrons. The normalized spacial score (nSPS) is 14.5. The van der Waals surface area contributed by atoms with Gasteiger partial charge in [0.05, 0.1) is 12.2 Å². The van der Waals surface area contributed by atoms with Crippen molar-refractivity contribution in [3.63, 3.8) is 0 Å². The van der Waals surface area contributed by atoms with Gasteiger partial charge < -0.3 is 20.1 Å². The average Bonchev–Trinajstić information content (AvgIpc) is 3.36. The van der Waals surface area contributed by atoms with Crippen molar-refractivity contribution in [3.05, 3.63) is 107 Å². The van der Waals surface area contributed by atoms with Crippen LogP contribution < -0.4 is 20.1 Å². The lowest BCUT2D eigenvalue weighted by molar-refractivity contribution is -0.113. The number of para-hydroxylation sites is 1. The van der Waals surface area contributed by atoms with Crippen LogP contribution in [0.3, 0.4) is 0 Å². The molecule has 0 saturated heterocycles. The minimum atomic E-state index is -0.507. The first kappa shape index (κ1) is 24.1. The molecule has 37 heavy (non-hydrogen) atoms. The van der Waals surface area contributed by atoms with E-state index < -0.39 is 6.04 Å². The molecule has 2 N–H and O–H groups in total. The Morgan fingerprint density at radius 3 is 2.62 bits per heavy atom. The summed E-state index contributed by atoms with van der Waals surface area (Å²) in [7, 11) is 0. The predicted octanol–water partition coefficient (Wildman–Crippen LogP) is 5.49. The molecule has 188 valence electrons. The van der Waals surface area contributed by atoms with Gasteiger partial charge in [-0.3, -0.25) is 4.79 Å². The monoisotopic (exact) mass is 495 g/mol. The number of ether oxygens (including phenoxy) is 2. The Labute approximate surface area is 216 Å². The third kappa shape index (κ3) is 5.18. The van der Waals surface area contributed by atoms with Crippen molar-refractivity contribution in [1.29, 1.82) is 0 Å². The third-order valence-corrected chi connectivity index (χ3v) is 6.13. The van der Waals surface area contributed by atoms with E-state index in [4.69, 9.17) is 9.47 Å². The maximum atomic E-state index is 13.5. The molecule has 1 aliphatic heterocycles. The summed E-state index contributed by atoms with van der Waals surface area (Å²) in [6.07, 6.45) is 1.48. The number of allylic oxidation sites excluding steroid dienone is 1. The van der Waals surface area contributed by atoms with Gasteiger partial charge in [-0.15, -0.1) is 0 Å². The topological polar surface area (TPSA) is 90.3 Å². The summed E-state index contributed by atoms with van der Waals surface area (Å²) in [6, 6.07) is 22.8. The van der Waals surface area contributed by atoms with Gasteiger partial charge in [-0.1, -0.05) is 54.1 Å². The van der Waals surface area contributed by atoms with Gasteiger partial charge in [0.1, 0.15) is 19.0 Å². The Morgan fingerprint density at radius 1 is 1.00 bits per heavy atom. The number of carbonyl (C=O) groups is 1. The zero-order chi connectivity index (χ0) is 25.8. The molecule has 5 rings (SSSR count). The fraction of sp³-hybridized carbons (Fsp3) is 0.207. The zero-order valence-corrected chi connectivity index (χ0v) is 21.1. The van der Waals surface area contributed by atoms with Crippen LogP contribution >= 0.6 is 0 Å². The average molecular weight is 496 g/mol. The van der Waals surface area contributed by atoms with E-state index >= 15 is 0 Å². The number of fused-ring (bicyclic) bond motifs is 1. The Hall–Kier alpha value is -4.59. The van der Waals surface area contributed by atoms with E-state index in [2.05, 4.69) is 39.8 Å². The zero-order valence-electron chi connectivity index (χ0n) is 21.1. The molecule has 1 aliphatic rings. The van der Waals surface area contributed by atoms with E-state index in [-0.39, 0.29) is 5.91 Å². The van der Waals surface area contributed by atoms with Crippen LogP contribution in [0.4, 0.5) is 11.6 Å². The molecule has 0 spiro atoms. The van der Waals surface area contributed by atoms with Crippen LogP contribution in [0.2, 0.25) is 0 Å². The number of hydrogen-bond donors (Lipinski definition) is 2. The fourth-order valence-corrected chi connectivity index (χ4v) is 4.46. The molecule has 0 aliphatic carbocycles. The summed E-state index contributed by atoms with van der Waals surface area (Å²) in [6.45, 7) is 6.75. The van der Waals surface area contributed by atoms with E-state index in [1.807, 2.05) is 74.5 Å². The first-order chi connectivity index (χ1) is 18.0. The van der Waals surface area contributed by atoms with Gasteiger partial charge in [-0.25, -0.2) is 4.68 Å². The molecular weight excluding hydrogens is 466 g/mol. The third-order valence-electron chi connectivity index (χ3n) is 6.13. The number of carbonyl (C=O) groups excluding carboxylic acids is 1. The largest absolute Gasteiger partial charge is 0.490 e. The van der Waals surface area contributed by atoms with Gasteiger partial charge in [0.25, 0.3) is 5.91 Å². The van der Waals surface area contributed by atoms with E-state index in [1.165, 1.54) is 11.9 Å². The van der Waals surface area contributed by atoms with Crippen LogP contribution in [0.25, 0.3) is 0 Å². The van der Waals surface area contributed by atoms with Crippen LogP contribution in [0.15, 0.2) is 90.4 Å². The number of benzene rings is 3. The van der Waals surface area contributed by atoms with Crippen LogP contribution in [-0.4, -0.2) is 27.3 Å². The number of hydrogen-bond acceptors (Lipinski definition) is 6. The second-order valence-electron chi connectivity index (χ2n) is 8.83. The van der Waals surface area contributed by atoms with Crippen molar-refractivity contribution >= 4 is 17.5 Å². The Morgan fingerprint density at radius 2 is 1.84 bits per heavy atom. The van der Waals surface area contributed by atoms with Gasteiger partial charge in [-0.05, 0) is 56.2 Å². The maximum absolute atomic E-state index is 13.5. The first-order valence-electron chi connectivity index (χ1n) is 12.2. The molecule has 0 fully saturated rings. The van der Waals surface area contributed by atoms with E-state index in [0.29, 0.717) is 47.6 Å². The Balaban J connectivity index is 1.49. The summed E-state index contributed by atoms with van der Waals surface area (Å²) in [5.74, 6) is 1.58. The van der Waals surface area contributed by atoms with Crippen LogP contribution in [0, 0.1) is 6.92 Å². The SMILES string of the molecule is CCOc1cc([C@@H]2C(C(=O)Nc3ccccc3)=C(C)Nc3ncnn32)ccc1OCc1cccc(C)c1. The first-order valence-corrected chi connectivity index (χ1v) is 12.2. The van der Waals surface area contributed by atoms with E-state index in [9.17, 15) is 4.79 Å². The van der Waals surface area contributed by atoms with Crippen molar-refractivity contribution in [3.8, 4) is 11.5 Å². The number of nitrogens with zero attached hydrogens (tertiary/aromatic N) is 3. The summed E-state index contributed by atoms with van der Waals surface area (Å²) in [5, 5.41) is 10.6. The van der Waals surface area contributed by atoms with Crippen LogP contribution in [-0.2, 0) is 11.4 Å². The lowest BCUT2D eigenvalue weighted by atomic mass is 9.94. The highest BCUT2D eigenvalue weighted by atomic mass is 16.5. The molecule has 0 saturated carbocycles. The number of aromatic nitrogens is 3. The molecule has 0 unspecified atom stereocenters. The molecule has 4 aromatic rings. The molecule has 8 nitrogen and oxygen atoms in total. The summed E-state index contributed by atoms with van der Waals surface area (Å²) in [4.78, 5) is 17.9. The number of amides is 1. The molecule has 1 atom stereocenters. The van der Waals surface area contributed by atoms with Crippen molar-refractivity contribution in [2.45, 2.75) is 33.4 Å². The molecule has 8 heteroatoms. The van der Waals surface area contributed by atoms with Gasteiger partial charge in [0.2, 0.25) is 5.95 Å². The number of aryl methyl sites for hydroxylation is 1. The molecule has 1 amide bonds. The molecule has 2 heterocycles. The minimum absolute atomic E-state index is 0.222. The van der Waals surface area contributed by atoms with Gasteiger partial charge in [-0.2, -0.15) is 10.1 Å². The molecular formula is C29H29N5O3. The van der Waals surface area contributed by atoms with Crippen molar-refractivity contribution < 1.29 is 14.3 Å². The summed E-state index contributed by atoms with van der Waals surface area (Å²) >= 11 is 0. The van der Waals surface area contributed by atoms with Crippen molar-refractivity contribution in [1.82, 2.24) is 14.8 Å². The molecule has 3 aromatic carbocycles. The van der Waals surface area contributed by atoms with Crippen LogP contribution in [0.1, 0.15) is 36.6 Å². The highest BCUT2D eigenvalue weighted by molar-refractivity contribution is 6.06. The minimum Gasteiger partial charge on any atom is -0.490 e. The quantitative estimate of drug-likeness (QED) is 0.336. The lowest BCUT2D eigenvalue weighted by Gasteiger charge is -2.29. The van der Waals surface area contributed by atoms with E-state index in [1.54, 1.807) is 4.68 Å². The van der Waals surface area contributed by atoms with Crippen molar-refractivity contribution in [2.75, 3.05) is 17.2 Å². The van der Waals surface area contributed by atoms with Gasteiger partial charge in [0, 0.05) is 11.4 Å². The fourth-order valence-electron chi connectivity index (χ4n) is 4.46. The highest BCUT2D eigenvalue weighted by Gasteiger charge is 2.34. The smallest absolute Gasteiger partial charge is 0.255 e. The van der Waals surface area contributed by atoms with Gasteiger partial charge >= 0.3 is 0 Å². The van der Waals surface area contributed by atoms with Gasteiger partial charge in [0.15, 0.2) is 11.5 Å². The Kier molecular flexibility index (Phi) is 6.89. The summed E-state index contributed by atoms with van der Waals surface area (Å²) in [5.41, 5.74) is 5.05. The second kappa shape index (κ2) is 10.6. The molecule has 0 bridgehead atoms. The second-order valence-corrected chi connectivity index (χ2v) is 8.83. The Bertz CT molecular complexity index is 1440. The number of nitrogens with one attached hydrogen (secondary N) is 2. The number of rotatable bonds is 8. The summed E-state index contributed by atoms with van der Waals surface area (Å²) < 4.78 is 13.8. The standard InChI is InChI=1S/C29H29N5O3/c1-4-36-25-16-22(13-14-24(25)37-17-21-10-8-9-19(2)15-21)27-26(20(3)32-29-30-18-31-34(27)29)28(35)33-23-11-6-5-7-12-23/h5-16,18,27H,4,17H2,1-3H3,(H,33,35)(H,30,31,32)/t27-/m1/s1. The molecule has 1 aromatic heterocycles. The van der Waals surface area contributed by atoms with Crippen LogP contribution in [0.5, 0.6) is 11.5 Å². The number of anilines is 2. The van der Waals surface area contributed by atoms with Crippen molar-refractivity contribution in [2.24, 2.45) is 0 Å². The lowest BCUT2D eigenvalue weighted by Crippen LogP contribution is -2.31. The highest BCUT2D eigenvalue weighted by Crippen LogP contribution is 2.39. The predicted molar refractivity (Wildman–Crippen MR) is 143 cm³/mol. The van der Waals surface area contributed by atoms with E-state index in [0.717, 1.165) is 11.1 Å². The maximum Gasteiger partial charge on any atom is 0.255 e.